The summed E-state index contributed by atoms with van der Waals surface area (Å²) in [6.07, 6.45) is 2.68. The lowest BCUT2D eigenvalue weighted by atomic mass is 9.83. The van der Waals surface area contributed by atoms with Gasteiger partial charge in [-0.05, 0) is 56.2 Å². The van der Waals surface area contributed by atoms with E-state index in [-0.39, 0.29) is 48.3 Å². The topological polar surface area (TPSA) is 97.4 Å². The summed E-state index contributed by atoms with van der Waals surface area (Å²) in [6.45, 7) is 5.14. The number of carbonyl (C=O) groups excluding carboxylic acids is 3. The van der Waals surface area contributed by atoms with E-state index in [1.54, 1.807) is 68.6 Å². The van der Waals surface area contributed by atoms with Gasteiger partial charge in [0.1, 0.15) is 18.1 Å². The summed E-state index contributed by atoms with van der Waals surface area (Å²) >= 11 is 0. The lowest BCUT2D eigenvalue weighted by Gasteiger charge is -2.39. The quantitative estimate of drug-likeness (QED) is 0.617. The number of rotatable bonds is 5. The molecule has 0 spiro atoms. The van der Waals surface area contributed by atoms with E-state index < -0.39 is 0 Å². The van der Waals surface area contributed by atoms with Gasteiger partial charge in [-0.3, -0.25) is 14.4 Å². The van der Waals surface area contributed by atoms with Gasteiger partial charge in [-0.15, -0.1) is 0 Å². The fourth-order valence-corrected chi connectivity index (χ4v) is 5.02. The van der Waals surface area contributed by atoms with Crippen molar-refractivity contribution in [3.05, 3.63) is 53.6 Å². The van der Waals surface area contributed by atoms with E-state index in [2.05, 4.69) is 5.32 Å². The molecule has 0 bridgehead atoms. The molecule has 9 heteroatoms. The molecule has 4 rings (SSSR count). The van der Waals surface area contributed by atoms with Gasteiger partial charge in [-0.1, -0.05) is 19.4 Å². The first-order valence-corrected chi connectivity index (χ1v) is 13.5. The molecule has 1 aliphatic carbocycles. The standard InChI is InChI=1S/C30H39N3O6/c1-19-16-33(29(35)21-8-6-9-21)20(2)18-39-26-13-12-23(15-25(26)30(36)32(3)17-27(19)38-5)31-28(34)22-10-7-11-24(14-22)37-4/h7,10-15,19-21,27H,6,8-9,16-18H2,1-5H3,(H,31,34)/t19-,20-,27-/m1/s1. The van der Waals surface area contributed by atoms with Gasteiger partial charge >= 0.3 is 0 Å². The summed E-state index contributed by atoms with van der Waals surface area (Å²) in [5.74, 6) is 0.646. The van der Waals surface area contributed by atoms with Gasteiger partial charge in [0.2, 0.25) is 5.91 Å². The normalized spacial score (nSPS) is 22.5. The van der Waals surface area contributed by atoms with Crippen molar-refractivity contribution in [2.24, 2.45) is 11.8 Å². The smallest absolute Gasteiger partial charge is 0.257 e. The molecule has 210 valence electrons. The fourth-order valence-electron chi connectivity index (χ4n) is 5.02. The van der Waals surface area contributed by atoms with E-state index in [4.69, 9.17) is 14.2 Å². The molecule has 39 heavy (non-hydrogen) atoms. The highest BCUT2D eigenvalue weighted by molar-refractivity contribution is 6.05. The van der Waals surface area contributed by atoms with Crippen molar-refractivity contribution >= 4 is 23.4 Å². The molecule has 0 aromatic heterocycles. The van der Waals surface area contributed by atoms with Gasteiger partial charge in [-0.25, -0.2) is 0 Å². The van der Waals surface area contributed by atoms with Crippen LogP contribution in [0.4, 0.5) is 5.69 Å². The van der Waals surface area contributed by atoms with E-state index in [0.717, 1.165) is 19.3 Å². The summed E-state index contributed by atoms with van der Waals surface area (Å²) in [5.41, 5.74) is 1.22. The number of amides is 3. The molecule has 1 fully saturated rings. The molecule has 2 aliphatic rings. The van der Waals surface area contributed by atoms with Crippen LogP contribution in [0.1, 0.15) is 53.8 Å². The molecule has 1 heterocycles. The van der Waals surface area contributed by atoms with E-state index in [1.807, 2.05) is 18.7 Å². The van der Waals surface area contributed by atoms with Crippen LogP contribution < -0.4 is 14.8 Å². The summed E-state index contributed by atoms with van der Waals surface area (Å²) in [7, 11) is 4.90. The third kappa shape index (κ3) is 6.53. The van der Waals surface area contributed by atoms with Crippen LogP contribution in [0.15, 0.2) is 42.5 Å². The predicted molar refractivity (Wildman–Crippen MR) is 148 cm³/mol. The Morgan fingerprint density at radius 1 is 1.05 bits per heavy atom. The van der Waals surface area contributed by atoms with E-state index in [0.29, 0.717) is 41.4 Å². The summed E-state index contributed by atoms with van der Waals surface area (Å²) in [4.78, 5) is 43.4. The Morgan fingerprint density at radius 2 is 1.82 bits per heavy atom. The van der Waals surface area contributed by atoms with Gasteiger partial charge < -0.3 is 29.3 Å². The zero-order valence-electron chi connectivity index (χ0n) is 23.4. The van der Waals surface area contributed by atoms with Crippen molar-refractivity contribution in [1.82, 2.24) is 9.80 Å². The highest BCUT2D eigenvalue weighted by Gasteiger charge is 2.35. The highest BCUT2D eigenvalue weighted by atomic mass is 16.5. The highest BCUT2D eigenvalue weighted by Crippen LogP contribution is 2.31. The number of anilines is 1. The average Bonchev–Trinajstić information content (AvgIpc) is 2.91. The van der Waals surface area contributed by atoms with Crippen molar-refractivity contribution < 1.29 is 28.6 Å². The lowest BCUT2D eigenvalue weighted by Crippen LogP contribution is -2.51. The Labute approximate surface area is 230 Å². The van der Waals surface area contributed by atoms with Gasteiger partial charge in [0, 0.05) is 50.3 Å². The Kier molecular flexibility index (Phi) is 9.12. The van der Waals surface area contributed by atoms with Crippen molar-refractivity contribution in [3.63, 3.8) is 0 Å². The third-order valence-electron chi connectivity index (χ3n) is 7.77. The van der Waals surface area contributed by atoms with Crippen LogP contribution in [0.3, 0.4) is 0 Å². The summed E-state index contributed by atoms with van der Waals surface area (Å²) in [5, 5.41) is 2.87. The minimum atomic E-state index is -0.323. The van der Waals surface area contributed by atoms with Crippen LogP contribution in [-0.2, 0) is 9.53 Å². The molecule has 3 amide bonds. The van der Waals surface area contributed by atoms with Crippen LogP contribution in [0.25, 0.3) is 0 Å². The van der Waals surface area contributed by atoms with Crippen molar-refractivity contribution in [2.75, 3.05) is 46.3 Å². The number of hydrogen-bond acceptors (Lipinski definition) is 6. The van der Waals surface area contributed by atoms with E-state index in [9.17, 15) is 14.4 Å². The molecule has 1 saturated carbocycles. The predicted octanol–water partition coefficient (Wildman–Crippen LogP) is 4.08. The van der Waals surface area contributed by atoms with Crippen LogP contribution in [0, 0.1) is 11.8 Å². The number of methoxy groups -OCH3 is 2. The van der Waals surface area contributed by atoms with Gasteiger partial charge in [0.25, 0.3) is 11.8 Å². The molecule has 9 nitrogen and oxygen atoms in total. The maximum Gasteiger partial charge on any atom is 0.257 e. The molecular weight excluding hydrogens is 498 g/mol. The minimum Gasteiger partial charge on any atom is -0.497 e. The molecule has 2 aromatic rings. The van der Waals surface area contributed by atoms with E-state index in [1.165, 1.54) is 0 Å². The first kappa shape index (κ1) is 28.4. The molecule has 0 radical (unpaired) electrons. The van der Waals surface area contributed by atoms with Crippen LogP contribution in [-0.4, -0.2) is 80.6 Å². The SMILES string of the molecule is COc1cccc(C(=O)Nc2ccc3c(c2)C(=O)N(C)C[C@@H](OC)[C@H](C)CN(C(=O)C2CCC2)[C@H](C)CO3)c1. The van der Waals surface area contributed by atoms with Crippen LogP contribution in [0.5, 0.6) is 11.5 Å². The second-order valence-electron chi connectivity index (χ2n) is 10.6. The monoisotopic (exact) mass is 537 g/mol. The molecule has 3 atom stereocenters. The van der Waals surface area contributed by atoms with E-state index >= 15 is 0 Å². The largest absolute Gasteiger partial charge is 0.497 e. The van der Waals surface area contributed by atoms with Gasteiger partial charge in [0.15, 0.2) is 0 Å². The van der Waals surface area contributed by atoms with Gasteiger partial charge in [0.05, 0.1) is 24.8 Å². The second kappa shape index (κ2) is 12.5. The van der Waals surface area contributed by atoms with Gasteiger partial charge in [-0.2, -0.15) is 0 Å². The van der Waals surface area contributed by atoms with Crippen molar-refractivity contribution in [1.29, 1.82) is 0 Å². The Morgan fingerprint density at radius 3 is 2.49 bits per heavy atom. The summed E-state index contributed by atoms with van der Waals surface area (Å²) < 4.78 is 17.2. The Bertz CT molecular complexity index is 1200. The number of carbonyl (C=O) groups is 3. The maximum absolute atomic E-state index is 13.6. The molecule has 1 N–H and O–H groups in total. The lowest BCUT2D eigenvalue weighted by molar-refractivity contribution is -0.142. The number of likely N-dealkylation sites (N-methyl/N-ethyl adjacent to an activating group) is 1. The van der Waals surface area contributed by atoms with Crippen LogP contribution >= 0.6 is 0 Å². The molecule has 0 unspecified atom stereocenters. The maximum atomic E-state index is 13.6. The third-order valence-corrected chi connectivity index (χ3v) is 7.77. The average molecular weight is 538 g/mol. The second-order valence-corrected chi connectivity index (χ2v) is 10.6. The number of fused-ring (bicyclic) bond motifs is 1. The summed E-state index contributed by atoms with van der Waals surface area (Å²) in [6, 6.07) is 11.7. The first-order chi connectivity index (χ1) is 18.7. The number of nitrogens with one attached hydrogen (secondary N) is 1. The number of benzene rings is 2. The number of nitrogens with zero attached hydrogens (tertiary/aromatic N) is 2. The van der Waals surface area contributed by atoms with Crippen molar-refractivity contribution in [3.8, 4) is 11.5 Å². The minimum absolute atomic E-state index is 0.00381. The van der Waals surface area contributed by atoms with Crippen LogP contribution in [0.2, 0.25) is 0 Å². The Hall–Kier alpha value is -3.59. The first-order valence-electron chi connectivity index (χ1n) is 13.5. The molecule has 0 saturated heterocycles. The van der Waals surface area contributed by atoms with Crippen molar-refractivity contribution in [2.45, 2.75) is 45.3 Å². The molecule has 1 aliphatic heterocycles. The molecular formula is C30H39N3O6. The zero-order chi connectivity index (χ0) is 28.1. The Balaban J connectivity index is 1.62. The zero-order valence-corrected chi connectivity index (χ0v) is 23.4. The number of hydrogen-bond donors (Lipinski definition) is 1. The molecule has 2 aromatic carbocycles. The number of ether oxygens (including phenoxy) is 3. The fraction of sp³-hybridized carbons (Fsp3) is 0.500.